The molecule has 0 aromatic heterocycles. The third kappa shape index (κ3) is 3.19. The number of hydrogen-bond acceptors (Lipinski definition) is 3. The Hall–Kier alpha value is -0.610. The second-order valence-electron chi connectivity index (χ2n) is 4.73. The van der Waals surface area contributed by atoms with E-state index in [1.165, 1.54) is 0 Å². The number of nitrogens with zero attached hydrogens (tertiary/aromatic N) is 1. The minimum absolute atomic E-state index is 0.0194. The van der Waals surface area contributed by atoms with Crippen LogP contribution in [-0.2, 0) is 4.79 Å². The van der Waals surface area contributed by atoms with Gasteiger partial charge in [0.1, 0.15) is 0 Å². The van der Waals surface area contributed by atoms with Crippen molar-refractivity contribution in [2.24, 2.45) is 5.73 Å². The molecule has 0 aliphatic heterocycles. The van der Waals surface area contributed by atoms with Crippen LogP contribution in [0.5, 0.6) is 0 Å². The fourth-order valence-corrected chi connectivity index (χ4v) is 2.32. The normalized spacial score (nSPS) is 18.7. The monoisotopic (exact) mass is 228 g/mol. The molecule has 0 unspecified atom stereocenters. The first-order valence-corrected chi connectivity index (χ1v) is 6.33. The summed E-state index contributed by atoms with van der Waals surface area (Å²) in [7, 11) is 0. The molecule has 1 aliphatic rings. The second-order valence-corrected chi connectivity index (χ2v) is 4.73. The number of carbonyl (C=O) groups is 1. The van der Waals surface area contributed by atoms with Gasteiger partial charge in [-0.15, -0.1) is 0 Å². The van der Waals surface area contributed by atoms with Crippen molar-refractivity contribution in [3.8, 4) is 0 Å². The van der Waals surface area contributed by atoms with Crippen molar-refractivity contribution in [3.63, 3.8) is 0 Å². The first kappa shape index (κ1) is 13.5. The maximum atomic E-state index is 12.3. The van der Waals surface area contributed by atoms with Gasteiger partial charge in [-0.3, -0.25) is 4.79 Å². The summed E-state index contributed by atoms with van der Waals surface area (Å²) in [4.78, 5) is 14.0. The number of nitrogens with two attached hydrogens (primary N) is 1. The first-order chi connectivity index (χ1) is 7.64. The maximum Gasteiger partial charge on any atom is 0.242 e. The zero-order chi connectivity index (χ0) is 12.0. The molecule has 0 atom stereocenters. The van der Waals surface area contributed by atoms with Crippen LogP contribution in [0.15, 0.2) is 0 Å². The van der Waals surface area contributed by atoms with Crippen LogP contribution in [0.1, 0.15) is 45.4 Å². The van der Waals surface area contributed by atoms with Crippen LogP contribution < -0.4 is 5.73 Å². The highest BCUT2D eigenvalue weighted by molar-refractivity contribution is 5.86. The van der Waals surface area contributed by atoms with Crippen molar-refractivity contribution < 1.29 is 9.90 Å². The molecule has 0 aromatic rings. The summed E-state index contributed by atoms with van der Waals surface area (Å²) in [6, 6.07) is 0. The van der Waals surface area contributed by atoms with E-state index in [2.05, 4.69) is 6.92 Å². The van der Waals surface area contributed by atoms with Crippen LogP contribution in [0.25, 0.3) is 0 Å². The van der Waals surface area contributed by atoms with Gasteiger partial charge in [-0.05, 0) is 19.3 Å². The van der Waals surface area contributed by atoms with E-state index in [0.29, 0.717) is 6.54 Å². The minimum atomic E-state index is -0.650. The predicted octanol–water partition coefficient (Wildman–Crippen LogP) is 0.879. The Morgan fingerprint density at radius 3 is 2.50 bits per heavy atom. The van der Waals surface area contributed by atoms with Crippen molar-refractivity contribution in [1.29, 1.82) is 0 Å². The molecule has 94 valence electrons. The van der Waals surface area contributed by atoms with E-state index in [1.54, 1.807) is 4.90 Å². The maximum absolute atomic E-state index is 12.3. The van der Waals surface area contributed by atoms with Crippen molar-refractivity contribution in [3.05, 3.63) is 0 Å². The van der Waals surface area contributed by atoms with Gasteiger partial charge in [-0.25, -0.2) is 0 Å². The largest absolute Gasteiger partial charge is 0.395 e. The quantitative estimate of drug-likeness (QED) is 0.709. The summed E-state index contributed by atoms with van der Waals surface area (Å²) in [6.07, 6.45) is 5.69. The summed E-state index contributed by atoms with van der Waals surface area (Å²) < 4.78 is 0. The summed E-state index contributed by atoms with van der Waals surface area (Å²) >= 11 is 0. The van der Waals surface area contributed by atoms with Crippen LogP contribution in [-0.4, -0.2) is 41.1 Å². The highest BCUT2D eigenvalue weighted by atomic mass is 16.3. The van der Waals surface area contributed by atoms with Crippen molar-refractivity contribution in [2.75, 3.05) is 19.7 Å². The molecule has 4 heteroatoms. The first-order valence-electron chi connectivity index (χ1n) is 6.33. The highest BCUT2D eigenvalue weighted by Gasteiger charge is 2.39. The topological polar surface area (TPSA) is 66.6 Å². The Labute approximate surface area is 97.8 Å². The van der Waals surface area contributed by atoms with E-state index in [4.69, 9.17) is 10.8 Å². The fourth-order valence-electron chi connectivity index (χ4n) is 2.32. The smallest absolute Gasteiger partial charge is 0.242 e. The molecule has 1 amide bonds. The van der Waals surface area contributed by atoms with Crippen molar-refractivity contribution in [2.45, 2.75) is 51.0 Å². The molecule has 0 heterocycles. The molecule has 1 fully saturated rings. The second kappa shape index (κ2) is 6.21. The minimum Gasteiger partial charge on any atom is -0.395 e. The standard InChI is InChI=1S/C12H24N2O2/c1-2-3-8-14(9-10-15)11(16)12(13)6-4-5-7-12/h15H,2-10,13H2,1H3. The zero-order valence-corrected chi connectivity index (χ0v) is 10.2. The molecule has 1 saturated carbocycles. The average molecular weight is 228 g/mol. The van der Waals surface area contributed by atoms with Gasteiger partial charge in [0.05, 0.1) is 12.1 Å². The Kier molecular flexibility index (Phi) is 5.22. The lowest BCUT2D eigenvalue weighted by atomic mass is 9.97. The van der Waals surface area contributed by atoms with Gasteiger partial charge in [-0.1, -0.05) is 26.2 Å². The van der Waals surface area contributed by atoms with Gasteiger partial charge in [0.25, 0.3) is 0 Å². The van der Waals surface area contributed by atoms with Gasteiger partial charge >= 0.3 is 0 Å². The SMILES string of the molecule is CCCCN(CCO)C(=O)C1(N)CCCC1. The van der Waals surface area contributed by atoms with Gasteiger partial charge in [0.15, 0.2) is 0 Å². The number of rotatable bonds is 6. The number of aliphatic hydroxyl groups excluding tert-OH is 1. The van der Waals surface area contributed by atoms with Crippen LogP contribution >= 0.6 is 0 Å². The van der Waals surface area contributed by atoms with E-state index >= 15 is 0 Å². The molecular formula is C12H24N2O2. The van der Waals surface area contributed by atoms with Crippen LogP contribution in [0.4, 0.5) is 0 Å². The molecule has 0 aromatic carbocycles. The highest BCUT2D eigenvalue weighted by Crippen LogP contribution is 2.29. The zero-order valence-electron chi connectivity index (χ0n) is 10.2. The molecular weight excluding hydrogens is 204 g/mol. The van der Waals surface area contributed by atoms with Crippen molar-refractivity contribution in [1.82, 2.24) is 4.90 Å². The third-order valence-corrected chi connectivity index (χ3v) is 3.36. The number of hydrogen-bond donors (Lipinski definition) is 2. The number of unbranched alkanes of at least 4 members (excludes halogenated alkanes) is 1. The third-order valence-electron chi connectivity index (χ3n) is 3.36. The lowest BCUT2D eigenvalue weighted by molar-refractivity contribution is -0.137. The average Bonchev–Trinajstić information content (AvgIpc) is 2.72. The molecule has 0 radical (unpaired) electrons. The van der Waals surface area contributed by atoms with E-state index < -0.39 is 5.54 Å². The molecule has 1 rings (SSSR count). The molecule has 0 bridgehead atoms. The van der Waals surface area contributed by atoms with Crippen LogP contribution in [0.3, 0.4) is 0 Å². The molecule has 4 nitrogen and oxygen atoms in total. The Balaban J connectivity index is 2.58. The van der Waals surface area contributed by atoms with Gasteiger partial charge in [0, 0.05) is 13.1 Å². The Bertz CT molecular complexity index is 225. The molecule has 0 saturated heterocycles. The van der Waals surface area contributed by atoms with Crippen LogP contribution in [0, 0.1) is 0 Å². The number of aliphatic hydroxyl groups is 1. The number of carbonyl (C=O) groups excluding carboxylic acids is 1. The molecule has 3 N–H and O–H groups in total. The van der Waals surface area contributed by atoms with E-state index in [9.17, 15) is 4.79 Å². The lowest BCUT2D eigenvalue weighted by Crippen LogP contribution is -2.54. The van der Waals surface area contributed by atoms with Crippen molar-refractivity contribution >= 4 is 5.91 Å². The van der Waals surface area contributed by atoms with Gasteiger partial charge in [-0.2, -0.15) is 0 Å². The molecule has 1 aliphatic carbocycles. The van der Waals surface area contributed by atoms with Crippen LogP contribution in [0.2, 0.25) is 0 Å². The van der Waals surface area contributed by atoms with Gasteiger partial charge < -0.3 is 15.7 Å². The molecule has 0 spiro atoms. The predicted molar refractivity (Wildman–Crippen MR) is 64.0 cm³/mol. The van der Waals surface area contributed by atoms with E-state index in [0.717, 1.165) is 45.1 Å². The van der Waals surface area contributed by atoms with E-state index in [-0.39, 0.29) is 12.5 Å². The van der Waals surface area contributed by atoms with Gasteiger partial charge in [0.2, 0.25) is 5.91 Å². The molecule has 16 heavy (non-hydrogen) atoms. The summed E-state index contributed by atoms with van der Waals surface area (Å²) in [5.74, 6) is 0.0347. The fraction of sp³-hybridized carbons (Fsp3) is 0.917. The summed E-state index contributed by atoms with van der Waals surface area (Å²) in [5, 5.41) is 8.98. The van der Waals surface area contributed by atoms with E-state index in [1.807, 2.05) is 0 Å². The summed E-state index contributed by atoms with van der Waals surface area (Å²) in [6.45, 7) is 3.24. The Morgan fingerprint density at radius 1 is 1.38 bits per heavy atom. The summed E-state index contributed by atoms with van der Waals surface area (Å²) in [5.41, 5.74) is 5.48. The lowest BCUT2D eigenvalue weighted by Gasteiger charge is -2.31. The Morgan fingerprint density at radius 2 is 2.00 bits per heavy atom. The number of amides is 1.